The van der Waals surface area contributed by atoms with E-state index in [1.165, 1.54) is 31.0 Å². The van der Waals surface area contributed by atoms with Crippen molar-refractivity contribution in [1.82, 2.24) is 0 Å². The number of hydrogen-bond donors (Lipinski definition) is 2. The number of halogens is 3. The molecule has 6 nitrogen and oxygen atoms in total. The third-order valence-corrected chi connectivity index (χ3v) is 6.87. The molecule has 0 amide bonds. The summed E-state index contributed by atoms with van der Waals surface area (Å²) in [5, 5.41) is 18.9. The van der Waals surface area contributed by atoms with Crippen molar-refractivity contribution in [3.63, 3.8) is 0 Å². The Morgan fingerprint density at radius 1 is 0.737 bits per heavy atom. The minimum atomic E-state index is -0.0342. The van der Waals surface area contributed by atoms with Crippen molar-refractivity contribution >= 4 is 62.0 Å². The van der Waals surface area contributed by atoms with E-state index in [2.05, 4.69) is 47.3 Å². The summed E-state index contributed by atoms with van der Waals surface area (Å²) < 4.78 is 10.7. The summed E-state index contributed by atoms with van der Waals surface area (Å²) in [5.74, 6) is 1.67. The molecule has 0 bridgehead atoms. The summed E-state index contributed by atoms with van der Waals surface area (Å²) in [5.41, 5.74) is 0.913. The average molecular weight is 719 g/mol. The van der Waals surface area contributed by atoms with Crippen molar-refractivity contribution in [2.75, 3.05) is 14.2 Å². The number of aromatic hydroxyl groups is 2. The lowest BCUT2D eigenvalue weighted by molar-refractivity contribution is 0.0878. The summed E-state index contributed by atoms with van der Waals surface area (Å²) in [6, 6.07) is 9.51. The second-order valence-electron chi connectivity index (χ2n) is 9.41. The Kier molecular flexibility index (Phi) is 14.8. The second kappa shape index (κ2) is 17.2. The highest BCUT2D eigenvalue weighted by atomic mass is 79.9. The fraction of sp³-hybridized carbons (Fsp3) is 0.500. The number of carbonyl (C=O) groups is 2. The highest BCUT2D eigenvalue weighted by Gasteiger charge is 2.26. The van der Waals surface area contributed by atoms with Crippen LogP contribution in [0, 0.1) is 11.8 Å². The maximum Gasteiger partial charge on any atom is 0.369 e. The zero-order valence-electron chi connectivity index (χ0n) is 21.9. The van der Waals surface area contributed by atoms with Gasteiger partial charge in [-0.1, -0.05) is 38.5 Å². The minimum Gasteiger partial charge on any atom is -0.508 e. The molecule has 4 rings (SSSR count). The van der Waals surface area contributed by atoms with E-state index in [4.69, 9.17) is 9.47 Å². The molecule has 0 heterocycles. The highest BCUT2D eigenvalue weighted by Crippen LogP contribution is 2.33. The summed E-state index contributed by atoms with van der Waals surface area (Å²) in [6.45, 7) is 0. The molecule has 0 saturated heterocycles. The maximum atomic E-state index is 12.5. The molecule has 2 aromatic rings. The predicted molar refractivity (Wildman–Crippen MR) is 164 cm³/mol. The largest absolute Gasteiger partial charge is 0.508 e. The third-order valence-electron chi connectivity index (χ3n) is 6.87. The molecule has 0 unspecified atom stereocenters. The van der Waals surface area contributed by atoms with Crippen molar-refractivity contribution in [2.24, 2.45) is 11.8 Å². The van der Waals surface area contributed by atoms with Gasteiger partial charge in [-0.25, -0.2) is 0 Å². The lowest BCUT2D eigenvalue weighted by Gasteiger charge is -2.21. The number of ketones is 2. The Hall–Kier alpha value is -1.52. The van der Waals surface area contributed by atoms with Crippen LogP contribution in [0.1, 0.15) is 84.9 Å². The van der Waals surface area contributed by atoms with Gasteiger partial charge in [0, 0.05) is 11.8 Å². The van der Waals surface area contributed by atoms with Crippen LogP contribution < -0.4 is 9.47 Å². The Bertz CT molecular complexity index is 1030. The smallest absolute Gasteiger partial charge is 0.369 e. The number of phenols is 2. The number of methoxy groups -OCH3 is 2. The molecule has 2 N–H and O–H groups in total. The van der Waals surface area contributed by atoms with E-state index < -0.39 is 0 Å². The Labute approximate surface area is 250 Å². The SMILES string of the molecule is BrB(Br)Br.COc1ccc(OC)c(C(=O)C2CCCCC2)c1.O=C(c1cc(O)ccc1O)C1CCCCC1. The lowest BCUT2D eigenvalue weighted by Crippen LogP contribution is -2.18. The molecule has 0 aliphatic heterocycles. The Morgan fingerprint density at radius 2 is 1.24 bits per heavy atom. The molecule has 208 valence electrons. The van der Waals surface area contributed by atoms with Crippen LogP contribution in [0.4, 0.5) is 0 Å². The van der Waals surface area contributed by atoms with Gasteiger partial charge in [0.25, 0.3) is 0 Å². The van der Waals surface area contributed by atoms with Crippen LogP contribution in [0.5, 0.6) is 23.0 Å². The van der Waals surface area contributed by atoms with Crippen LogP contribution in [0.15, 0.2) is 36.4 Å². The van der Waals surface area contributed by atoms with Gasteiger partial charge in [-0.15, -0.1) is 47.3 Å². The first-order valence-electron chi connectivity index (χ1n) is 12.9. The van der Waals surface area contributed by atoms with E-state index in [0.717, 1.165) is 51.4 Å². The van der Waals surface area contributed by atoms with Crippen LogP contribution in [0.25, 0.3) is 0 Å². The first kappa shape index (κ1) is 32.7. The van der Waals surface area contributed by atoms with Crippen LogP contribution in [-0.4, -0.2) is 39.2 Å². The highest BCUT2D eigenvalue weighted by molar-refractivity contribution is 9.69. The molecule has 0 spiro atoms. The number of rotatable bonds is 6. The van der Waals surface area contributed by atoms with Crippen molar-refractivity contribution in [2.45, 2.75) is 64.2 Å². The fourth-order valence-electron chi connectivity index (χ4n) is 4.90. The number of benzene rings is 2. The topological polar surface area (TPSA) is 93.1 Å². The van der Waals surface area contributed by atoms with Gasteiger partial charge >= 0.3 is 3.18 Å². The molecule has 2 aromatic carbocycles. The molecule has 2 saturated carbocycles. The van der Waals surface area contributed by atoms with E-state index >= 15 is 0 Å². The average Bonchev–Trinajstić information content (AvgIpc) is 2.94. The first-order chi connectivity index (χ1) is 18.2. The van der Waals surface area contributed by atoms with E-state index in [-0.39, 0.29) is 43.6 Å². The molecule has 2 fully saturated rings. The molecule has 2 aliphatic carbocycles. The summed E-state index contributed by atoms with van der Waals surface area (Å²) in [7, 11) is 3.20. The number of phenolic OH excluding ortho intramolecular Hbond substituents is 2. The van der Waals surface area contributed by atoms with E-state index in [1.807, 2.05) is 6.07 Å². The first-order valence-corrected chi connectivity index (χ1v) is 15.7. The van der Waals surface area contributed by atoms with Gasteiger partial charge in [0.05, 0.1) is 25.3 Å². The summed E-state index contributed by atoms with van der Waals surface area (Å²) >= 11 is 9.31. The van der Waals surface area contributed by atoms with Crippen molar-refractivity contribution in [3.05, 3.63) is 47.5 Å². The molecule has 0 aromatic heterocycles. The molecule has 2 aliphatic rings. The lowest BCUT2D eigenvalue weighted by atomic mass is 9.83. The van der Waals surface area contributed by atoms with Crippen molar-refractivity contribution in [1.29, 1.82) is 0 Å². The molecular formula is C28H36BBr3O6. The molecular weight excluding hydrogens is 683 g/mol. The fourth-order valence-corrected chi connectivity index (χ4v) is 4.90. The summed E-state index contributed by atoms with van der Waals surface area (Å²) in [4.78, 5) is 24.6. The van der Waals surface area contributed by atoms with Crippen molar-refractivity contribution in [3.8, 4) is 23.0 Å². The quantitative estimate of drug-likeness (QED) is 0.177. The molecule has 0 atom stereocenters. The zero-order valence-corrected chi connectivity index (χ0v) is 26.7. The number of ether oxygens (including phenoxy) is 2. The standard InChI is InChI=1S/C15H20O3.C13H16O3.BBr3/c1-17-12-8-9-14(18-2)13(10-12)15(16)11-6-4-3-5-7-11;14-10-6-7-12(15)11(8-10)13(16)9-4-2-1-3-5-9;2-1(3)4/h8-11H,3-7H2,1-2H3;6-9,14-15H,1-5H2;. The summed E-state index contributed by atoms with van der Waals surface area (Å²) in [6.07, 6.45) is 10.7. The van der Waals surface area contributed by atoms with Crippen LogP contribution in [0.2, 0.25) is 0 Å². The van der Waals surface area contributed by atoms with Gasteiger partial charge < -0.3 is 19.7 Å². The van der Waals surface area contributed by atoms with Crippen LogP contribution in [-0.2, 0) is 0 Å². The van der Waals surface area contributed by atoms with Gasteiger partial charge in [0.2, 0.25) is 0 Å². The Morgan fingerprint density at radius 3 is 1.71 bits per heavy atom. The maximum absolute atomic E-state index is 12.5. The molecule has 38 heavy (non-hydrogen) atoms. The molecule has 10 heteroatoms. The van der Waals surface area contributed by atoms with Gasteiger partial charge in [-0.05, 0) is 62.1 Å². The van der Waals surface area contributed by atoms with Gasteiger partial charge in [-0.2, -0.15) is 0 Å². The predicted octanol–water partition coefficient (Wildman–Crippen LogP) is 8.48. The normalized spacial score (nSPS) is 15.7. The second-order valence-corrected chi connectivity index (χ2v) is 15.8. The van der Waals surface area contributed by atoms with Crippen LogP contribution >= 0.6 is 47.3 Å². The number of carbonyl (C=O) groups excluding carboxylic acids is 2. The number of Topliss-reactive ketones (excluding diaryl/α,β-unsaturated/α-hetero) is 2. The Balaban J connectivity index is 0.000000235. The zero-order chi connectivity index (χ0) is 28.1. The molecule has 0 radical (unpaired) electrons. The van der Waals surface area contributed by atoms with E-state index in [9.17, 15) is 19.8 Å². The van der Waals surface area contributed by atoms with Gasteiger partial charge in [0.1, 0.15) is 23.0 Å². The van der Waals surface area contributed by atoms with E-state index in [1.54, 1.807) is 26.4 Å². The minimum absolute atomic E-state index is 0.0152. The van der Waals surface area contributed by atoms with E-state index in [0.29, 0.717) is 17.1 Å². The number of hydrogen-bond acceptors (Lipinski definition) is 6. The van der Waals surface area contributed by atoms with Gasteiger partial charge in [-0.3, -0.25) is 9.59 Å². The van der Waals surface area contributed by atoms with Crippen molar-refractivity contribution < 1.29 is 29.3 Å². The van der Waals surface area contributed by atoms with Crippen LogP contribution in [0.3, 0.4) is 0 Å². The third kappa shape index (κ3) is 10.6. The van der Waals surface area contributed by atoms with Gasteiger partial charge in [0.15, 0.2) is 11.6 Å². The monoisotopic (exact) mass is 716 g/mol.